The second-order valence-corrected chi connectivity index (χ2v) is 5.90. The van der Waals surface area contributed by atoms with Crippen molar-refractivity contribution in [2.45, 2.75) is 39.9 Å². The predicted molar refractivity (Wildman–Crippen MR) is 62.3 cm³/mol. The Morgan fingerprint density at radius 3 is 2.06 bits per heavy atom. The van der Waals surface area contributed by atoms with Gasteiger partial charge in [-0.15, -0.1) is 0 Å². The van der Waals surface area contributed by atoms with Gasteiger partial charge in [-0.3, -0.25) is 0 Å². The fraction of sp³-hybridized carbons (Fsp3) is 0.909. The first-order chi connectivity index (χ1) is 7.96. The Labute approximate surface area is 104 Å². The van der Waals surface area contributed by atoms with Crippen molar-refractivity contribution >= 4 is 5.84 Å². The van der Waals surface area contributed by atoms with Crippen LogP contribution in [0.5, 0.6) is 0 Å². The third-order valence-electron chi connectivity index (χ3n) is 4.41. The smallest absolute Gasteiger partial charge is 0.400 e. The van der Waals surface area contributed by atoms with E-state index in [0.29, 0.717) is 0 Å². The van der Waals surface area contributed by atoms with Crippen molar-refractivity contribution in [1.29, 1.82) is 0 Å². The summed E-state index contributed by atoms with van der Waals surface area (Å²) in [6, 6.07) is -0.0126. The van der Waals surface area contributed by atoms with Crippen molar-refractivity contribution in [3.05, 3.63) is 0 Å². The molecule has 0 bridgehead atoms. The molecule has 1 fully saturated rings. The van der Waals surface area contributed by atoms with Gasteiger partial charge < -0.3 is 16.3 Å². The minimum Gasteiger partial charge on any atom is -0.409 e. The monoisotopic (exact) mass is 267 g/mol. The van der Waals surface area contributed by atoms with Crippen molar-refractivity contribution < 1.29 is 18.4 Å². The van der Waals surface area contributed by atoms with Crippen LogP contribution in [0.3, 0.4) is 0 Å². The van der Waals surface area contributed by atoms with E-state index in [4.69, 9.17) is 10.9 Å². The summed E-state index contributed by atoms with van der Waals surface area (Å²) in [5, 5.41) is 13.7. The molecule has 1 unspecified atom stereocenters. The summed E-state index contributed by atoms with van der Waals surface area (Å²) in [7, 11) is 0. The van der Waals surface area contributed by atoms with Crippen LogP contribution in [0.15, 0.2) is 5.16 Å². The largest absolute Gasteiger partial charge is 0.409 e. The maximum absolute atomic E-state index is 12.7. The lowest BCUT2D eigenvalue weighted by Crippen LogP contribution is -2.44. The van der Waals surface area contributed by atoms with E-state index in [1.807, 2.05) is 27.7 Å². The van der Waals surface area contributed by atoms with Gasteiger partial charge in [0.15, 0.2) is 5.84 Å². The summed E-state index contributed by atoms with van der Waals surface area (Å²) < 4.78 is 38.1. The molecule has 0 radical (unpaired) electrons. The van der Waals surface area contributed by atoms with Crippen LogP contribution >= 0.6 is 0 Å². The van der Waals surface area contributed by atoms with Crippen LogP contribution in [0, 0.1) is 16.7 Å². The van der Waals surface area contributed by atoms with Crippen LogP contribution in [0.2, 0.25) is 0 Å². The maximum Gasteiger partial charge on any atom is 0.400 e. The quantitative estimate of drug-likeness (QED) is 0.315. The molecule has 1 aliphatic rings. The van der Waals surface area contributed by atoms with E-state index in [9.17, 15) is 13.2 Å². The highest BCUT2D eigenvalue weighted by molar-refractivity contribution is 5.83. The standard InChI is InChI=1S/C11H20F3N3O/c1-9(2)8(10(9,3)4)16-5-6(7(15)17-18)11(12,13)14/h6,8,16,18H,5H2,1-4H3,(H2,15,17). The van der Waals surface area contributed by atoms with E-state index < -0.39 is 17.9 Å². The Kier molecular flexibility index (Phi) is 3.60. The first-order valence-corrected chi connectivity index (χ1v) is 5.73. The third-order valence-corrected chi connectivity index (χ3v) is 4.41. The zero-order chi connectivity index (χ0) is 14.4. The number of nitrogens with zero attached hydrogens (tertiary/aromatic N) is 1. The Morgan fingerprint density at radius 1 is 1.33 bits per heavy atom. The summed E-state index contributed by atoms with van der Waals surface area (Å²) >= 11 is 0. The molecule has 7 heteroatoms. The number of hydrogen-bond acceptors (Lipinski definition) is 3. The predicted octanol–water partition coefficient (Wildman–Crippen LogP) is 1.94. The lowest BCUT2D eigenvalue weighted by molar-refractivity contribution is -0.155. The topological polar surface area (TPSA) is 70.6 Å². The number of hydrogen-bond donors (Lipinski definition) is 3. The van der Waals surface area contributed by atoms with Crippen molar-refractivity contribution in [1.82, 2.24) is 5.32 Å². The van der Waals surface area contributed by atoms with Crippen molar-refractivity contribution in [2.24, 2.45) is 27.6 Å². The Balaban J connectivity index is 2.67. The zero-order valence-corrected chi connectivity index (χ0v) is 11.0. The van der Waals surface area contributed by atoms with E-state index in [1.54, 1.807) is 0 Å². The second kappa shape index (κ2) is 4.29. The summed E-state index contributed by atoms with van der Waals surface area (Å²) in [6.45, 7) is 7.61. The van der Waals surface area contributed by atoms with E-state index in [2.05, 4.69) is 10.5 Å². The fourth-order valence-corrected chi connectivity index (χ4v) is 2.40. The molecule has 106 valence electrons. The molecule has 0 aromatic heterocycles. The maximum atomic E-state index is 12.7. The van der Waals surface area contributed by atoms with Crippen molar-refractivity contribution in [2.75, 3.05) is 6.54 Å². The Morgan fingerprint density at radius 2 is 1.78 bits per heavy atom. The molecule has 1 atom stereocenters. The van der Waals surface area contributed by atoms with Crippen molar-refractivity contribution in [3.63, 3.8) is 0 Å². The van der Waals surface area contributed by atoms with E-state index in [1.165, 1.54) is 0 Å². The number of alkyl halides is 3. The first-order valence-electron chi connectivity index (χ1n) is 5.73. The summed E-state index contributed by atoms with van der Waals surface area (Å²) in [5.41, 5.74) is 4.96. The number of amidine groups is 1. The molecule has 0 spiro atoms. The summed E-state index contributed by atoms with van der Waals surface area (Å²) in [5.74, 6) is -2.78. The minimum atomic E-state index is -4.52. The molecular formula is C11H20F3N3O. The van der Waals surface area contributed by atoms with E-state index >= 15 is 0 Å². The van der Waals surface area contributed by atoms with E-state index in [-0.39, 0.29) is 23.4 Å². The van der Waals surface area contributed by atoms with Crippen LogP contribution in [0.1, 0.15) is 27.7 Å². The van der Waals surface area contributed by atoms with Gasteiger partial charge in [0, 0.05) is 12.6 Å². The highest BCUT2D eigenvalue weighted by Crippen LogP contribution is 2.62. The Hall–Kier alpha value is -0.980. The highest BCUT2D eigenvalue weighted by atomic mass is 19.4. The molecule has 1 rings (SSSR count). The minimum absolute atomic E-state index is 0.0126. The van der Waals surface area contributed by atoms with Gasteiger partial charge in [-0.25, -0.2) is 0 Å². The molecule has 18 heavy (non-hydrogen) atoms. The average molecular weight is 267 g/mol. The highest BCUT2D eigenvalue weighted by Gasteiger charge is 2.64. The zero-order valence-electron chi connectivity index (χ0n) is 11.0. The number of rotatable bonds is 4. The van der Waals surface area contributed by atoms with Gasteiger partial charge in [0.2, 0.25) is 0 Å². The second-order valence-electron chi connectivity index (χ2n) is 5.90. The molecular weight excluding hydrogens is 247 g/mol. The van der Waals surface area contributed by atoms with Crippen molar-refractivity contribution in [3.8, 4) is 0 Å². The summed E-state index contributed by atoms with van der Waals surface area (Å²) in [4.78, 5) is 0. The third kappa shape index (κ3) is 2.41. The van der Waals surface area contributed by atoms with Gasteiger partial charge in [0.1, 0.15) is 5.92 Å². The Bertz CT molecular complexity index is 336. The molecule has 0 amide bonds. The molecule has 4 nitrogen and oxygen atoms in total. The lowest BCUT2D eigenvalue weighted by Gasteiger charge is -2.20. The van der Waals surface area contributed by atoms with Crippen LogP contribution < -0.4 is 11.1 Å². The molecule has 0 heterocycles. The number of nitrogens with one attached hydrogen (secondary N) is 1. The van der Waals surface area contributed by atoms with Crippen LogP contribution in [0.4, 0.5) is 13.2 Å². The molecule has 0 aromatic carbocycles. The lowest BCUT2D eigenvalue weighted by atomic mass is 10.0. The average Bonchev–Trinajstić information content (AvgIpc) is 2.57. The summed E-state index contributed by atoms with van der Waals surface area (Å²) in [6.07, 6.45) is -4.52. The van der Waals surface area contributed by atoms with Gasteiger partial charge >= 0.3 is 6.18 Å². The normalized spacial score (nSPS) is 24.9. The molecule has 0 aromatic rings. The van der Waals surface area contributed by atoms with Gasteiger partial charge in [-0.05, 0) is 10.8 Å². The number of nitrogens with two attached hydrogens (primary N) is 1. The first kappa shape index (κ1) is 15.1. The SMILES string of the molecule is CC1(C)C(NCC(C(N)=NO)C(F)(F)F)C1(C)C. The number of oxime groups is 1. The molecule has 0 aliphatic heterocycles. The van der Waals surface area contributed by atoms with Gasteiger partial charge in [0.25, 0.3) is 0 Å². The van der Waals surface area contributed by atoms with Crippen LogP contribution in [-0.4, -0.2) is 29.8 Å². The number of halogens is 3. The van der Waals surface area contributed by atoms with Gasteiger partial charge in [-0.2, -0.15) is 13.2 Å². The van der Waals surface area contributed by atoms with Crippen LogP contribution in [-0.2, 0) is 0 Å². The van der Waals surface area contributed by atoms with E-state index in [0.717, 1.165) is 0 Å². The molecule has 4 N–H and O–H groups in total. The molecule has 1 saturated carbocycles. The molecule has 1 aliphatic carbocycles. The molecule has 0 saturated heterocycles. The van der Waals surface area contributed by atoms with Gasteiger partial charge in [-0.1, -0.05) is 32.9 Å². The van der Waals surface area contributed by atoms with Crippen LogP contribution in [0.25, 0.3) is 0 Å². The van der Waals surface area contributed by atoms with Gasteiger partial charge in [0.05, 0.1) is 0 Å². The fourth-order valence-electron chi connectivity index (χ4n) is 2.40.